The lowest BCUT2D eigenvalue weighted by Crippen LogP contribution is -2.15. The molecule has 2 aromatic rings. The highest BCUT2D eigenvalue weighted by Crippen LogP contribution is 2.24. The van der Waals surface area contributed by atoms with Crippen LogP contribution in [0.25, 0.3) is 0 Å². The van der Waals surface area contributed by atoms with Gasteiger partial charge in [-0.15, -0.1) is 0 Å². The lowest BCUT2D eigenvalue weighted by Gasteiger charge is -2.12. The zero-order chi connectivity index (χ0) is 13.8. The average molecular weight is 298 g/mol. The predicted molar refractivity (Wildman–Crippen MR) is 70.4 cm³/mol. The number of carbonyl (C=O) groups is 1. The molecule has 7 heteroatoms. The number of halogens is 2. The van der Waals surface area contributed by atoms with Crippen molar-refractivity contribution in [2.75, 3.05) is 0 Å². The van der Waals surface area contributed by atoms with Crippen LogP contribution >= 0.6 is 23.2 Å². The van der Waals surface area contributed by atoms with E-state index in [1.807, 2.05) is 0 Å². The van der Waals surface area contributed by atoms with Gasteiger partial charge in [0.2, 0.25) is 5.28 Å². The molecule has 5 nitrogen and oxygen atoms in total. The number of hydrogen-bond acceptors (Lipinski definition) is 4. The predicted octanol–water partition coefficient (Wildman–Crippen LogP) is 2.59. The highest BCUT2D eigenvalue weighted by molar-refractivity contribution is 6.32. The van der Waals surface area contributed by atoms with Gasteiger partial charge >= 0.3 is 5.97 Å². The van der Waals surface area contributed by atoms with Crippen LogP contribution in [0.4, 0.5) is 0 Å². The Hall–Kier alpha value is -1.72. The first-order valence-electron chi connectivity index (χ1n) is 5.37. The molecule has 0 aromatic carbocycles. The third-order valence-corrected chi connectivity index (χ3v) is 3.12. The molecule has 0 fully saturated rings. The van der Waals surface area contributed by atoms with Crippen molar-refractivity contribution in [2.45, 2.75) is 12.3 Å². The molecule has 2 heterocycles. The van der Waals surface area contributed by atoms with Crippen LogP contribution in [0.3, 0.4) is 0 Å². The Morgan fingerprint density at radius 1 is 1.32 bits per heavy atom. The van der Waals surface area contributed by atoms with Crippen molar-refractivity contribution < 1.29 is 9.90 Å². The van der Waals surface area contributed by atoms with Crippen LogP contribution in [-0.2, 0) is 11.2 Å². The fraction of sp³-hybridized carbons (Fsp3) is 0.167. The standard InChI is InChI=1S/C12H9Cl2N3O2/c13-10-8(6-16-12(14)17-10)5-9(11(18)19)7-1-3-15-4-2-7/h1-4,6,9H,5H2,(H,18,19). The smallest absolute Gasteiger partial charge is 0.311 e. The lowest BCUT2D eigenvalue weighted by atomic mass is 9.94. The van der Waals surface area contributed by atoms with E-state index in [4.69, 9.17) is 23.2 Å². The van der Waals surface area contributed by atoms with E-state index in [0.29, 0.717) is 11.1 Å². The highest BCUT2D eigenvalue weighted by Gasteiger charge is 2.22. The van der Waals surface area contributed by atoms with Crippen LogP contribution in [0.5, 0.6) is 0 Å². The maximum absolute atomic E-state index is 11.4. The number of carboxylic acids is 1. The molecule has 0 aliphatic carbocycles. The van der Waals surface area contributed by atoms with E-state index >= 15 is 0 Å². The molecule has 98 valence electrons. The lowest BCUT2D eigenvalue weighted by molar-refractivity contribution is -0.138. The van der Waals surface area contributed by atoms with Crippen LogP contribution in [0.15, 0.2) is 30.7 Å². The summed E-state index contributed by atoms with van der Waals surface area (Å²) in [6, 6.07) is 3.31. The normalized spacial score (nSPS) is 12.1. The molecule has 1 unspecified atom stereocenters. The number of aliphatic carboxylic acids is 1. The third-order valence-electron chi connectivity index (χ3n) is 2.61. The van der Waals surface area contributed by atoms with Gasteiger partial charge in [-0.05, 0) is 35.7 Å². The number of nitrogens with zero attached hydrogens (tertiary/aromatic N) is 3. The maximum atomic E-state index is 11.4. The van der Waals surface area contributed by atoms with Crippen molar-refractivity contribution in [3.8, 4) is 0 Å². The number of aromatic nitrogens is 3. The second-order valence-corrected chi connectivity index (χ2v) is 4.53. The third kappa shape index (κ3) is 3.39. The number of rotatable bonds is 4. The first kappa shape index (κ1) is 13.7. The van der Waals surface area contributed by atoms with Gasteiger partial charge in [0.15, 0.2) is 0 Å². The first-order valence-corrected chi connectivity index (χ1v) is 6.13. The molecule has 0 saturated carbocycles. The van der Waals surface area contributed by atoms with Crippen molar-refractivity contribution >= 4 is 29.2 Å². The minimum absolute atomic E-state index is 0.0320. The molecule has 19 heavy (non-hydrogen) atoms. The van der Waals surface area contributed by atoms with E-state index in [1.54, 1.807) is 24.5 Å². The summed E-state index contributed by atoms with van der Waals surface area (Å²) in [5.41, 5.74) is 1.18. The summed E-state index contributed by atoms with van der Waals surface area (Å²) in [4.78, 5) is 22.8. The van der Waals surface area contributed by atoms with Crippen molar-refractivity contribution in [3.05, 3.63) is 52.3 Å². The SMILES string of the molecule is O=C(O)C(Cc1cnc(Cl)nc1Cl)c1ccncc1. The fourth-order valence-corrected chi connectivity index (χ4v) is 2.05. The summed E-state index contributed by atoms with van der Waals surface area (Å²) in [6.45, 7) is 0. The minimum atomic E-state index is -0.947. The van der Waals surface area contributed by atoms with E-state index in [1.165, 1.54) is 6.20 Å². The molecular formula is C12H9Cl2N3O2. The van der Waals surface area contributed by atoms with Gasteiger partial charge in [0.25, 0.3) is 0 Å². The summed E-state index contributed by atoms with van der Waals surface area (Å²) >= 11 is 11.5. The van der Waals surface area contributed by atoms with E-state index in [-0.39, 0.29) is 16.9 Å². The summed E-state index contributed by atoms with van der Waals surface area (Å²) in [5.74, 6) is -1.68. The summed E-state index contributed by atoms with van der Waals surface area (Å²) < 4.78 is 0. The molecule has 2 rings (SSSR count). The number of pyridine rings is 1. The van der Waals surface area contributed by atoms with Gasteiger partial charge in [-0.1, -0.05) is 11.6 Å². The monoisotopic (exact) mass is 297 g/mol. The van der Waals surface area contributed by atoms with Crippen LogP contribution in [0.2, 0.25) is 10.4 Å². The van der Waals surface area contributed by atoms with Gasteiger partial charge in [0.1, 0.15) is 5.15 Å². The van der Waals surface area contributed by atoms with Gasteiger partial charge in [-0.2, -0.15) is 0 Å². The zero-order valence-corrected chi connectivity index (χ0v) is 11.1. The molecule has 0 saturated heterocycles. The molecule has 0 spiro atoms. The van der Waals surface area contributed by atoms with Gasteiger partial charge in [0.05, 0.1) is 5.92 Å². The Kier molecular flexibility index (Phi) is 4.29. The zero-order valence-electron chi connectivity index (χ0n) is 9.62. The summed E-state index contributed by atoms with van der Waals surface area (Å²) in [5, 5.41) is 9.50. The van der Waals surface area contributed by atoms with Gasteiger partial charge in [-0.3, -0.25) is 9.78 Å². The van der Waals surface area contributed by atoms with Crippen molar-refractivity contribution in [1.29, 1.82) is 0 Å². The Balaban J connectivity index is 2.29. The second-order valence-electron chi connectivity index (χ2n) is 3.83. The summed E-state index contributed by atoms with van der Waals surface area (Å²) in [7, 11) is 0. The molecule has 0 amide bonds. The van der Waals surface area contributed by atoms with Crippen LogP contribution < -0.4 is 0 Å². The van der Waals surface area contributed by atoms with Crippen LogP contribution in [0.1, 0.15) is 17.0 Å². The largest absolute Gasteiger partial charge is 0.481 e. The Labute approximate surface area is 119 Å². The van der Waals surface area contributed by atoms with Crippen LogP contribution in [0, 0.1) is 0 Å². The topological polar surface area (TPSA) is 76.0 Å². The summed E-state index contributed by atoms with van der Waals surface area (Å²) in [6.07, 6.45) is 4.72. The van der Waals surface area contributed by atoms with Crippen molar-refractivity contribution in [1.82, 2.24) is 15.0 Å². The molecular weight excluding hydrogens is 289 g/mol. The average Bonchev–Trinajstić information content (AvgIpc) is 2.38. The minimum Gasteiger partial charge on any atom is -0.481 e. The Morgan fingerprint density at radius 2 is 2.00 bits per heavy atom. The van der Waals surface area contributed by atoms with E-state index < -0.39 is 11.9 Å². The van der Waals surface area contributed by atoms with Gasteiger partial charge < -0.3 is 5.11 Å². The molecule has 0 aliphatic heterocycles. The van der Waals surface area contributed by atoms with Gasteiger partial charge in [-0.25, -0.2) is 9.97 Å². The van der Waals surface area contributed by atoms with Crippen LogP contribution in [-0.4, -0.2) is 26.0 Å². The second kappa shape index (κ2) is 5.95. The molecule has 1 atom stereocenters. The Bertz CT molecular complexity index is 593. The quantitative estimate of drug-likeness (QED) is 0.693. The molecule has 0 radical (unpaired) electrons. The molecule has 2 aromatic heterocycles. The fourth-order valence-electron chi connectivity index (χ4n) is 1.67. The van der Waals surface area contributed by atoms with E-state index in [2.05, 4.69) is 15.0 Å². The van der Waals surface area contributed by atoms with Crippen molar-refractivity contribution in [3.63, 3.8) is 0 Å². The maximum Gasteiger partial charge on any atom is 0.311 e. The van der Waals surface area contributed by atoms with E-state index in [9.17, 15) is 9.90 Å². The van der Waals surface area contributed by atoms with Gasteiger partial charge in [0, 0.05) is 24.2 Å². The van der Waals surface area contributed by atoms with E-state index in [0.717, 1.165) is 0 Å². The molecule has 0 bridgehead atoms. The Morgan fingerprint density at radius 3 is 2.58 bits per heavy atom. The first-order chi connectivity index (χ1) is 9.08. The number of hydrogen-bond donors (Lipinski definition) is 1. The molecule has 0 aliphatic rings. The van der Waals surface area contributed by atoms with Crippen molar-refractivity contribution in [2.24, 2.45) is 0 Å². The highest BCUT2D eigenvalue weighted by atomic mass is 35.5. The number of carboxylic acid groups (broad SMARTS) is 1. The molecule has 1 N–H and O–H groups in total.